The molecule has 3 saturated heterocycles. The summed E-state index contributed by atoms with van der Waals surface area (Å²) in [6.07, 6.45) is 4.89. The molecule has 0 aromatic heterocycles. The Bertz CT molecular complexity index is 1270. The van der Waals surface area contributed by atoms with Crippen molar-refractivity contribution in [1.29, 1.82) is 0 Å². The topological polar surface area (TPSA) is 24.5 Å². The van der Waals surface area contributed by atoms with Gasteiger partial charge in [0.15, 0.2) is 0 Å². The number of hydrogen-bond acceptors (Lipinski definition) is 3. The Hall–Kier alpha value is -3.40. The number of para-hydroxylation sites is 1. The SMILES string of the molecule is COc1ccccc1CN[C@@H]1[C@@H]2CCN([C@H](CCc3ccccc3)C2)[C@@H]1C(c1ccccc1)c1ccccc1. The van der Waals surface area contributed by atoms with Crippen LogP contribution in [0.5, 0.6) is 5.75 Å². The molecule has 0 saturated carbocycles. The molecule has 3 fully saturated rings. The van der Waals surface area contributed by atoms with E-state index in [4.69, 9.17) is 4.74 Å². The van der Waals surface area contributed by atoms with E-state index >= 15 is 0 Å². The second-order valence-corrected chi connectivity index (χ2v) is 11.2. The lowest BCUT2D eigenvalue weighted by molar-refractivity contribution is -0.0418. The van der Waals surface area contributed by atoms with Gasteiger partial charge in [-0.05, 0) is 60.9 Å². The van der Waals surface area contributed by atoms with Crippen LogP contribution in [0.25, 0.3) is 0 Å². The second-order valence-electron chi connectivity index (χ2n) is 11.2. The van der Waals surface area contributed by atoms with Crippen molar-refractivity contribution in [3.05, 3.63) is 138 Å². The number of aryl methyl sites for hydroxylation is 1. The highest BCUT2D eigenvalue weighted by molar-refractivity contribution is 5.37. The quantitative estimate of drug-likeness (QED) is 0.244. The number of methoxy groups -OCH3 is 1. The van der Waals surface area contributed by atoms with Crippen LogP contribution in [0.4, 0.5) is 0 Å². The van der Waals surface area contributed by atoms with Crippen LogP contribution in [0, 0.1) is 5.92 Å². The van der Waals surface area contributed by atoms with Crippen molar-refractivity contribution < 1.29 is 4.74 Å². The molecule has 200 valence electrons. The molecule has 1 unspecified atom stereocenters. The van der Waals surface area contributed by atoms with E-state index in [0.717, 1.165) is 18.7 Å². The highest BCUT2D eigenvalue weighted by Crippen LogP contribution is 2.45. The van der Waals surface area contributed by atoms with Gasteiger partial charge in [-0.25, -0.2) is 0 Å². The van der Waals surface area contributed by atoms with E-state index in [1.807, 2.05) is 0 Å². The van der Waals surface area contributed by atoms with Gasteiger partial charge in [-0.2, -0.15) is 0 Å². The first-order valence-electron chi connectivity index (χ1n) is 14.6. The third kappa shape index (κ3) is 5.66. The van der Waals surface area contributed by atoms with E-state index in [1.165, 1.54) is 48.1 Å². The van der Waals surface area contributed by atoms with Crippen molar-refractivity contribution in [1.82, 2.24) is 10.2 Å². The van der Waals surface area contributed by atoms with Gasteiger partial charge in [-0.1, -0.05) is 109 Å². The normalized spacial score (nSPS) is 24.1. The average molecular weight is 517 g/mol. The maximum Gasteiger partial charge on any atom is 0.123 e. The van der Waals surface area contributed by atoms with Crippen LogP contribution < -0.4 is 10.1 Å². The van der Waals surface area contributed by atoms with Gasteiger partial charge in [-0.3, -0.25) is 4.90 Å². The molecular formula is C36H40N2O. The van der Waals surface area contributed by atoms with Crippen molar-refractivity contribution in [3.8, 4) is 5.75 Å². The van der Waals surface area contributed by atoms with Crippen LogP contribution in [0.2, 0.25) is 0 Å². The summed E-state index contributed by atoms with van der Waals surface area (Å²) in [6.45, 7) is 2.00. The van der Waals surface area contributed by atoms with E-state index in [2.05, 4.69) is 125 Å². The molecule has 3 heterocycles. The Morgan fingerprint density at radius 3 is 2.08 bits per heavy atom. The van der Waals surface area contributed by atoms with Gasteiger partial charge >= 0.3 is 0 Å². The van der Waals surface area contributed by atoms with E-state index in [9.17, 15) is 0 Å². The first kappa shape index (κ1) is 25.9. The lowest BCUT2D eigenvalue weighted by Crippen LogP contribution is -2.67. The van der Waals surface area contributed by atoms with Crippen LogP contribution in [0.3, 0.4) is 0 Å². The summed E-state index contributed by atoms with van der Waals surface area (Å²) in [4.78, 5) is 2.88. The van der Waals surface area contributed by atoms with Crippen molar-refractivity contribution in [3.63, 3.8) is 0 Å². The summed E-state index contributed by atoms with van der Waals surface area (Å²) in [5.41, 5.74) is 5.50. The van der Waals surface area contributed by atoms with Crippen LogP contribution in [-0.4, -0.2) is 36.7 Å². The first-order chi connectivity index (χ1) is 19.3. The molecule has 3 nitrogen and oxygen atoms in total. The van der Waals surface area contributed by atoms with Crippen LogP contribution >= 0.6 is 0 Å². The Morgan fingerprint density at radius 2 is 1.41 bits per heavy atom. The van der Waals surface area contributed by atoms with Gasteiger partial charge in [0.2, 0.25) is 0 Å². The molecule has 2 bridgehead atoms. The number of nitrogens with zero attached hydrogens (tertiary/aromatic N) is 1. The zero-order valence-electron chi connectivity index (χ0n) is 23.0. The molecular weight excluding hydrogens is 476 g/mol. The summed E-state index contributed by atoms with van der Waals surface area (Å²) in [5.74, 6) is 1.93. The fraction of sp³-hybridized carbons (Fsp3) is 0.333. The van der Waals surface area contributed by atoms with E-state index < -0.39 is 0 Å². The molecule has 4 aromatic rings. The molecule has 0 amide bonds. The Morgan fingerprint density at radius 1 is 0.795 bits per heavy atom. The predicted octanol–water partition coefficient (Wildman–Crippen LogP) is 7.08. The number of rotatable bonds is 10. The average Bonchev–Trinajstić information content (AvgIpc) is 3.01. The predicted molar refractivity (Wildman–Crippen MR) is 160 cm³/mol. The largest absolute Gasteiger partial charge is 0.496 e. The van der Waals surface area contributed by atoms with Gasteiger partial charge in [0.25, 0.3) is 0 Å². The minimum Gasteiger partial charge on any atom is -0.496 e. The Balaban J connectivity index is 1.34. The number of nitrogens with one attached hydrogen (secondary N) is 1. The highest BCUT2D eigenvalue weighted by atomic mass is 16.5. The maximum atomic E-state index is 5.70. The number of hydrogen-bond donors (Lipinski definition) is 1. The molecule has 39 heavy (non-hydrogen) atoms. The number of piperidine rings is 3. The fourth-order valence-electron chi connectivity index (χ4n) is 7.24. The molecule has 1 N–H and O–H groups in total. The molecule has 0 radical (unpaired) electrons. The van der Waals surface area contributed by atoms with Crippen LogP contribution in [0.15, 0.2) is 115 Å². The van der Waals surface area contributed by atoms with Gasteiger partial charge in [0, 0.05) is 36.2 Å². The molecule has 4 aromatic carbocycles. The lowest BCUT2D eigenvalue weighted by atomic mass is 9.67. The molecule has 3 heteroatoms. The van der Waals surface area contributed by atoms with Crippen LogP contribution in [-0.2, 0) is 13.0 Å². The maximum absolute atomic E-state index is 5.70. The number of ether oxygens (including phenoxy) is 1. The minimum atomic E-state index is 0.310. The number of fused-ring (bicyclic) bond motifs is 3. The van der Waals surface area contributed by atoms with E-state index in [0.29, 0.717) is 30.0 Å². The van der Waals surface area contributed by atoms with Crippen molar-refractivity contribution in [2.45, 2.75) is 56.3 Å². The highest BCUT2D eigenvalue weighted by Gasteiger charge is 2.49. The second kappa shape index (κ2) is 12.2. The molecule has 0 spiro atoms. The first-order valence-corrected chi connectivity index (χ1v) is 14.6. The summed E-state index contributed by atoms with van der Waals surface area (Å²) in [5, 5.41) is 4.09. The van der Waals surface area contributed by atoms with Gasteiger partial charge < -0.3 is 10.1 Å². The van der Waals surface area contributed by atoms with Gasteiger partial charge in [-0.15, -0.1) is 0 Å². The third-order valence-corrected chi connectivity index (χ3v) is 9.05. The van der Waals surface area contributed by atoms with E-state index in [-0.39, 0.29) is 0 Å². The smallest absolute Gasteiger partial charge is 0.123 e. The molecule has 7 rings (SSSR count). The van der Waals surface area contributed by atoms with Crippen molar-refractivity contribution >= 4 is 0 Å². The molecule has 0 aliphatic carbocycles. The number of benzene rings is 4. The van der Waals surface area contributed by atoms with Gasteiger partial charge in [0.1, 0.15) is 5.75 Å². The van der Waals surface area contributed by atoms with E-state index in [1.54, 1.807) is 7.11 Å². The third-order valence-electron chi connectivity index (χ3n) is 9.05. The van der Waals surface area contributed by atoms with Crippen LogP contribution in [0.1, 0.15) is 47.4 Å². The molecule has 3 aliphatic rings. The summed E-state index contributed by atoms with van der Waals surface area (Å²) < 4.78 is 5.70. The molecule has 5 atom stereocenters. The van der Waals surface area contributed by atoms with Gasteiger partial charge in [0.05, 0.1) is 7.11 Å². The van der Waals surface area contributed by atoms with Crippen molar-refractivity contribution in [2.75, 3.05) is 13.7 Å². The summed E-state index contributed by atoms with van der Waals surface area (Å²) in [7, 11) is 1.77. The Labute approximate surface area is 233 Å². The van der Waals surface area contributed by atoms with Crippen molar-refractivity contribution in [2.24, 2.45) is 5.92 Å². The standard InChI is InChI=1S/C36H40N2O/c1-39-33-20-12-11-19-31(33)26-37-35-30-23-24-38(32(25-30)22-21-27-13-5-2-6-14-27)36(35)34(28-15-7-3-8-16-28)29-17-9-4-10-18-29/h2-20,30,32,34-37H,21-26H2,1H3/t30-,32-,35-,36-/m1/s1. The zero-order valence-corrected chi connectivity index (χ0v) is 23.0. The lowest BCUT2D eigenvalue weighted by Gasteiger charge is -2.58. The molecule has 3 aliphatic heterocycles. The minimum absolute atomic E-state index is 0.310. The Kier molecular flexibility index (Phi) is 8.08. The fourth-order valence-corrected chi connectivity index (χ4v) is 7.24. The summed E-state index contributed by atoms with van der Waals surface area (Å²) in [6, 6.07) is 43.2. The summed E-state index contributed by atoms with van der Waals surface area (Å²) >= 11 is 0. The zero-order chi connectivity index (χ0) is 26.4. The monoisotopic (exact) mass is 516 g/mol.